The third kappa shape index (κ3) is 6.88. The molecule has 0 unspecified atom stereocenters. The molecule has 1 aliphatic heterocycles. The van der Waals surface area contributed by atoms with Gasteiger partial charge in [-0.15, -0.1) is 24.0 Å². The number of benzene rings is 1. The van der Waals surface area contributed by atoms with Gasteiger partial charge < -0.3 is 15.4 Å². The number of hydrogen-bond acceptors (Lipinski definition) is 4. The first-order chi connectivity index (χ1) is 12.3. The van der Waals surface area contributed by atoms with Crippen molar-refractivity contribution in [3.63, 3.8) is 0 Å². The lowest BCUT2D eigenvalue weighted by Crippen LogP contribution is -2.45. The standard InChI is InChI=1S/C18H30N4O3S.HI/c1-18(2,25-4)14-21-17(19-3)20-13-15-7-9-16(10-8-15)26(23,24)22-11-5-6-12-22;/h7-10H,5-6,11-14H2,1-4H3,(H2,19,20,21);1H. The van der Waals surface area contributed by atoms with Gasteiger partial charge in [0.2, 0.25) is 10.0 Å². The van der Waals surface area contributed by atoms with Crippen LogP contribution in [-0.4, -0.2) is 58.1 Å². The number of ether oxygens (including phenoxy) is 1. The van der Waals surface area contributed by atoms with E-state index in [1.54, 1.807) is 30.6 Å². The van der Waals surface area contributed by atoms with Crippen LogP contribution in [0.3, 0.4) is 0 Å². The molecule has 7 nitrogen and oxygen atoms in total. The molecule has 0 atom stereocenters. The lowest BCUT2D eigenvalue weighted by atomic mass is 10.1. The molecular formula is C18H31IN4O3S. The third-order valence-electron chi connectivity index (χ3n) is 4.54. The van der Waals surface area contributed by atoms with Crippen LogP contribution in [0, 0.1) is 0 Å². The van der Waals surface area contributed by atoms with Crippen molar-refractivity contribution in [3.05, 3.63) is 29.8 Å². The molecule has 0 amide bonds. The second-order valence-electron chi connectivity index (χ2n) is 7.00. The molecule has 1 aromatic rings. The van der Waals surface area contributed by atoms with Gasteiger partial charge in [-0.05, 0) is 44.4 Å². The van der Waals surface area contributed by atoms with Crippen LogP contribution in [-0.2, 0) is 21.3 Å². The summed E-state index contributed by atoms with van der Waals surface area (Å²) in [4.78, 5) is 4.54. The van der Waals surface area contributed by atoms with Crippen LogP contribution in [0.25, 0.3) is 0 Å². The van der Waals surface area contributed by atoms with Crippen LogP contribution in [0.2, 0.25) is 0 Å². The summed E-state index contributed by atoms with van der Waals surface area (Å²) in [6, 6.07) is 7.02. The molecule has 1 saturated heterocycles. The molecule has 0 aromatic heterocycles. The molecule has 1 fully saturated rings. The summed E-state index contributed by atoms with van der Waals surface area (Å²) in [7, 11) is 0.0290. The number of guanidine groups is 1. The largest absolute Gasteiger partial charge is 0.377 e. The first-order valence-electron chi connectivity index (χ1n) is 8.87. The summed E-state index contributed by atoms with van der Waals surface area (Å²) in [6.45, 7) is 6.39. The van der Waals surface area contributed by atoms with Crippen molar-refractivity contribution >= 4 is 40.0 Å². The van der Waals surface area contributed by atoms with Crippen molar-refractivity contribution in [1.82, 2.24) is 14.9 Å². The zero-order valence-electron chi connectivity index (χ0n) is 16.5. The van der Waals surface area contributed by atoms with Gasteiger partial charge in [-0.2, -0.15) is 4.31 Å². The molecule has 2 N–H and O–H groups in total. The lowest BCUT2D eigenvalue weighted by Gasteiger charge is -2.24. The summed E-state index contributed by atoms with van der Waals surface area (Å²) < 4.78 is 32.0. The average Bonchev–Trinajstić information content (AvgIpc) is 3.18. The van der Waals surface area contributed by atoms with E-state index in [2.05, 4.69) is 15.6 Å². The molecule has 1 heterocycles. The summed E-state index contributed by atoms with van der Waals surface area (Å²) >= 11 is 0. The molecule has 154 valence electrons. The highest BCUT2D eigenvalue weighted by atomic mass is 127. The van der Waals surface area contributed by atoms with Crippen molar-refractivity contribution in [2.45, 2.75) is 43.7 Å². The number of rotatable bonds is 7. The minimum atomic E-state index is -3.36. The zero-order chi connectivity index (χ0) is 19.2. The predicted octanol–water partition coefficient (Wildman–Crippen LogP) is 2.18. The lowest BCUT2D eigenvalue weighted by molar-refractivity contribution is 0.0268. The minimum absolute atomic E-state index is 0. The third-order valence-corrected chi connectivity index (χ3v) is 6.46. The van der Waals surface area contributed by atoms with Gasteiger partial charge in [0.1, 0.15) is 0 Å². The van der Waals surface area contributed by atoms with E-state index in [0.717, 1.165) is 18.4 Å². The molecule has 0 saturated carbocycles. The Balaban J connectivity index is 0.00000364. The van der Waals surface area contributed by atoms with Crippen molar-refractivity contribution in [1.29, 1.82) is 0 Å². The summed E-state index contributed by atoms with van der Waals surface area (Å²) in [5, 5.41) is 6.43. The van der Waals surface area contributed by atoms with Crippen LogP contribution in [0.4, 0.5) is 0 Å². The van der Waals surface area contributed by atoms with Crippen molar-refractivity contribution in [2.75, 3.05) is 33.8 Å². The minimum Gasteiger partial charge on any atom is -0.377 e. The zero-order valence-corrected chi connectivity index (χ0v) is 19.6. The summed E-state index contributed by atoms with van der Waals surface area (Å²) in [5.41, 5.74) is 0.697. The molecule has 0 spiro atoms. The Morgan fingerprint density at radius 2 is 1.78 bits per heavy atom. The van der Waals surface area contributed by atoms with Crippen LogP contribution in [0.1, 0.15) is 32.3 Å². The second-order valence-corrected chi connectivity index (χ2v) is 8.94. The number of halogens is 1. The van der Waals surface area contributed by atoms with Crippen molar-refractivity contribution < 1.29 is 13.2 Å². The molecular weight excluding hydrogens is 479 g/mol. The smallest absolute Gasteiger partial charge is 0.243 e. The summed E-state index contributed by atoms with van der Waals surface area (Å²) in [6.07, 6.45) is 1.88. The van der Waals surface area contributed by atoms with Gasteiger partial charge >= 0.3 is 0 Å². The number of nitrogens with one attached hydrogen (secondary N) is 2. The van der Waals surface area contributed by atoms with Gasteiger partial charge in [0.15, 0.2) is 5.96 Å². The first-order valence-corrected chi connectivity index (χ1v) is 10.3. The fourth-order valence-corrected chi connectivity index (χ4v) is 4.15. The average molecular weight is 510 g/mol. The van der Waals surface area contributed by atoms with Crippen LogP contribution in [0.5, 0.6) is 0 Å². The van der Waals surface area contributed by atoms with E-state index >= 15 is 0 Å². The maximum atomic E-state index is 12.5. The van der Waals surface area contributed by atoms with Crippen molar-refractivity contribution in [3.8, 4) is 0 Å². The fourth-order valence-electron chi connectivity index (χ4n) is 2.63. The van der Waals surface area contributed by atoms with Gasteiger partial charge in [-0.3, -0.25) is 4.99 Å². The quantitative estimate of drug-likeness (QED) is 0.334. The Morgan fingerprint density at radius 1 is 1.19 bits per heavy atom. The Bertz CT molecular complexity index is 715. The molecule has 0 aliphatic carbocycles. The number of methoxy groups -OCH3 is 1. The fraction of sp³-hybridized carbons (Fsp3) is 0.611. The van der Waals surface area contributed by atoms with E-state index in [4.69, 9.17) is 4.74 Å². The predicted molar refractivity (Wildman–Crippen MR) is 119 cm³/mol. The highest BCUT2D eigenvalue weighted by Crippen LogP contribution is 2.21. The SMILES string of the molecule is CN=C(NCc1ccc(S(=O)(=O)N2CCCC2)cc1)NCC(C)(C)OC.I. The molecule has 27 heavy (non-hydrogen) atoms. The molecule has 0 radical (unpaired) electrons. The Kier molecular flexibility index (Phi) is 9.46. The van der Waals surface area contributed by atoms with Crippen molar-refractivity contribution in [2.24, 2.45) is 4.99 Å². The maximum Gasteiger partial charge on any atom is 0.243 e. The number of hydrogen-bond donors (Lipinski definition) is 2. The van der Waals surface area contributed by atoms with E-state index in [9.17, 15) is 8.42 Å². The topological polar surface area (TPSA) is 83.0 Å². The maximum absolute atomic E-state index is 12.5. The summed E-state index contributed by atoms with van der Waals surface area (Å²) in [5.74, 6) is 0.670. The van der Waals surface area contributed by atoms with Gasteiger partial charge in [-0.25, -0.2) is 8.42 Å². The molecule has 1 aromatic carbocycles. The molecule has 1 aliphatic rings. The van der Waals surface area contributed by atoms with Gasteiger partial charge in [0, 0.05) is 40.3 Å². The Hall–Kier alpha value is -0.910. The second kappa shape index (κ2) is 10.6. The van der Waals surface area contributed by atoms with Gasteiger partial charge in [0.25, 0.3) is 0 Å². The first kappa shape index (κ1) is 24.1. The number of nitrogens with zero attached hydrogens (tertiary/aromatic N) is 2. The van der Waals surface area contributed by atoms with Gasteiger partial charge in [-0.1, -0.05) is 12.1 Å². The highest BCUT2D eigenvalue weighted by Gasteiger charge is 2.26. The normalized spacial score (nSPS) is 16.1. The monoisotopic (exact) mass is 510 g/mol. The molecule has 2 rings (SSSR count). The number of sulfonamides is 1. The van der Waals surface area contributed by atoms with Crippen LogP contribution < -0.4 is 10.6 Å². The van der Waals surface area contributed by atoms with E-state index < -0.39 is 10.0 Å². The van der Waals surface area contributed by atoms with E-state index in [1.165, 1.54) is 0 Å². The highest BCUT2D eigenvalue weighted by molar-refractivity contribution is 14.0. The van der Waals surface area contributed by atoms with E-state index in [-0.39, 0.29) is 29.6 Å². The van der Waals surface area contributed by atoms with E-state index in [0.29, 0.717) is 37.0 Å². The van der Waals surface area contributed by atoms with Crippen LogP contribution >= 0.6 is 24.0 Å². The molecule has 0 bridgehead atoms. The van der Waals surface area contributed by atoms with Gasteiger partial charge in [0.05, 0.1) is 10.5 Å². The Morgan fingerprint density at radius 3 is 2.30 bits per heavy atom. The Labute approximate surface area is 180 Å². The van der Waals surface area contributed by atoms with Crippen LogP contribution in [0.15, 0.2) is 34.2 Å². The van der Waals surface area contributed by atoms with E-state index in [1.807, 2.05) is 26.0 Å². The number of aliphatic imine (C=N–C) groups is 1. The molecule has 9 heteroatoms.